The third kappa shape index (κ3) is 1.04. The maximum Gasteiger partial charge on any atom is 0.127 e. The van der Waals surface area contributed by atoms with Gasteiger partial charge in [0.15, 0.2) is 0 Å². The van der Waals surface area contributed by atoms with Crippen molar-refractivity contribution in [2.45, 2.75) is 0 Å². The summed E-state index contributed by atoms with van der Waals surface area (Å²) < 4.78 is 10.9. The second-order valence-electron chi connectivity index (χ2n) is 3.42. The molecule has 3 rings (SSSR count). The van der Waals surface area contributed by atoms with Crippen molar-refractivity contribution in [2.24, 2.45) is 0 Å². The highest BCUT2D eigenvalue weighted by Crippen LogP contribution is 2.34. The molecule has 1 aromatic rings. The highest BCUT2D eigenvalue weighted by atomic mass is 16.5. The van der Waals surface area contributed by atoms with Crippen molar-refractivity contribution in [1.29, 1.82) is 0 Å². The van der Waals surface area contributed by atoms with E-state index in [9.17, 15) is 0 Å². The fraction of sp³-hybridized carbons (Fsp3) is 0.167. The number of hydrogen-bond donors (Lipinski definition) is 0. The third-order valence-electron chi connectivity index (χ3n) is 2.55. The van der Waals surface area contributed by atoms with E-state index in [-0.39, 0.29) is 0 Å². The summed E-state index contributed by atoms with van der Waals surface area (Å²) in [6.45, 7) is 1.30. The van der Waals surface area contributed by atoms with Crippen molar-refractivity contribution >= 4 is 5.57 Å². The Hall–Kier alpha value is -1.70. The SMILES string of the molecule is C1=CC2=C(CO1)COc1ccccc12. The minimum Gasteiger partial charge on any atom is -0.497 e. The first kappa shape index (κ1) is 7.68. The van der Waals surface area contributed by atoms with Gasteiger partial charge in [0.1, 0.15) is 19.0 Å². The lowest BCUT2D eigenvalue weighted by molar-refractivity contribution is 0.249. The number of ether oxygens (including phenoxy) is 2. The zero-order valence-corrected chi connectivity index (χ0v) is 7.69. The van der Waals surface area contributed by atoms with Gasteiger partial charge in [-0.25, -0.2) is 0 Å². The summed E-state index contributed by atoms with van der Waals surface area (Å²) in [5, 5.41) is 0. The molecule has 2 aliphatic heterocycles. The molecular formula is C12H10O2. The monoisotopic (exact) mass is 186 g/mol. The Balaban J connectivity index is 2.19. The van der Waals surface area contributed by atoms with Crippen LogP contribution in [0.3, 0.4) is 0 Å². The molecular weight excluding hydrogens is 176 g/mol. The van der Waals surface area contributed by atoms with Crippen LogP contribution in [0.25, 0.3) is 5.57 Å². The number of allylic oxidation sites excluding steroid dienone is 2. The fourth-order valence-corrected chi connectivity index (χ4v) is 1.84. The maximum absolute atomic E-state index is 5.62. The van der Waals surface area contributed by atoms with E-state index in [1.165, 1.54) is 16.7 Å². The molecule has 0 saturated carbocycles. The molecule has 2 nitrogen and oxygen atoms in total. The number of fused-ring (bicyclic) bond motifs is 2. The zero-order chi connectivity index (χ0) is 9.38. The van der Waals surface area contributed by atoms with Crippen molar-refractivity contribution < 1.29 is 9.47 Å². The van der Waals surface area contributed by atoms with Crippen LogP contribution in [0.4, 0.5) is 0 Å². The van der Waals surface area contributed by atoms with Crippen LogP contribution in [-0.2, 0) is 4.74 Å². The molecule has 70 valence electrons. The average Bonchev–Trinajstić information content (AvgIpc) is 2.29. The van der Waals surface area contributed by atoms with Crippen molar-refractivity contribution in [1.82, 2.24) is 0 Å². The molecule has 2 aliphatic rings. The molecule has 0 radical (unpaired) electrons. The van der Waals surface area contributed by atoms with Crippen LogP contribution < -0.4 is 4.74 Å². The zero-order valence-electron chi connectivity index (χ0n) is 7.69. The topological polar surface area (TPSA) is 18.5 Å². The number of benzene rings is 1. The molecule has 0 spiro atoms. The van der Waals surface area contributed by atoms with Crippen molar-refractivity contribution in [2.75, 3.05) is 13.2 Å². The molecule has 0 aromatic heterocycles. The van der Waals surface area contributed by atoms with E-state index in [1.54, 1.807) is 6.26 Å². The Bertz CT molecular complexity index is 430. The Morgan fingerprint density at radius 1 is 1.07 bits per heavy atom. The number of para-hydroxylation sites is 1. The quantitative estimate of drug-likeness (QED) is 0.619. The summed E-state index contributed by atoms with van der Waals surface area (Å²) in [5.41, 5.74) is 3.66. The van der Waals surface area contributed by atoms with Crippen LogP contribution in [0, 0.1) is 0 Å². The Morgan fingerprint density at radius 3 is 3.00 bits per heavy atom. The summed E-state index contributed by atoms with van der Waals surface area (Å²) >= 11 is 0. The fourth-order valence-electron chi connectivity index (χ4n) is 1.84. The first-order chi connectivity index (χ1) is 6.95. The molecule has 14 heavy (non-hydrogen) atoms. The van der Waals surface area contributed by atoms with Crippen molar-refractivity contribution in [3.05, 3.63) is 47.7 Å². The van der Waals surface area contributed by atoms with Crippen molar-refractivity contribution in [3.63, 3.8) is 0 Å². The van der Waals surface area contributed by atoms with Crippen LogP contribution in [-0.4, -0.2) is 13.2 Å². The second kappa shape index (κ2) is 2.91. The molecule has 0 amide bonds. The molecule has 0 N–H and O–H groups in total. The van der Waals surface area contributed by atoms with E-state index in [2.05, 4.69) is 6.07 Å². The number of rotatable bonds is 0. The highest BCUT2D eigenvalue weighted by molar-refractivity contribution is 5.82. The van der Waals surface area contributed by atoms with Crippen molar-refractivity contribution in [3.8, 4) is 5.75 Å². The largest absolute Gasteiger partial charge is 0.497 e. The van der Waals surface area contributed by atoms with Gasteiger partial charge in [-0.3, -0.25) is 0 Å². The van der Waals surface area contributed by atoms with E-state index in [4.69, 9.17) is 9.47 Å². The molecule has 0 fully saturated rings. The van der Waals surface area contributed by atoms with E-state index in [0.717, 1.165) is 5.75 Å². The van der Waals surface area contributed by atoms with E-state index in [0.29, 0.717) is 13.2 Å². The lowest BCUT2D eigenvalue weighted by Crippen LogP contribution is -2.15. The number of hydrogen-bond acceptors (Lipinski definition) is 2. The molecule has 0 atom stereocenters. The molecule has 0 aliphatic carbocycles. The highest BCUT2D eigenvalue weighted by Gasteiger charge is 2.19. The summed E-state index contributed by atoms with van der Waals surface area (Å²) in [6.07, 6.45) is 3.76. The summed E-state index contributed by atoms with van der Waals surface area (Å²) in [7, 11) is 0. The molecule has 0 unspecified atom stereocenters. The molecule has 0 bridgehead atoms. The van der Waals surface area contributed by atoms with Crippen LogP contribution in [0.1, 0.15) is 5.56 Å². The Kier molecular flexibility index (Phi) is 1.60. The predicted octanol–water partition coefficient (Wildman–Crippen LogP) is 2.38. The first-order valence-corrected chi connectivity index (χ1v) is 4.67. The lowest BCUT2D eigenvalue weighted by atomic mass is 9.96. The van der Waals surface area contributed by atoms with Crippen LogP contribution in [0.2, 0.25) is 0 Å². The van der Waals surface area contributed by atoms with E-state index in [1.807, 2.05) is 24.3 Å². The van der Waals surface area contributed by atoms with Gasteiger partial charge in [0, 0.05) is 11.1 Å². The van der Waals surface area contributed by atoms with Gasteiger partial charge in [0.2, 0.25) is 0 Å². The summed E-state index contributed by atoms with van der Waals surface area (Å²) in [6, 6.07) is 8.11. The average molecular weight is 186 g/mol. The smallest absolute Gasteiger partial charge is 0.127 e. The van der Waals surface area contributed by atoms with Gasteiger partial charge in [-0.1, -0.05) is 18.2 Å². The van der Waals surface area contributed by atoms with Crippen LogP contribution in [0.5, 0.6) is 5.75 Å². The van der Waals surface area contributed by atoms with Gasteiger partial charge in [-0.2, -0.15) is 0 Å². The lowest BCUT2D eigenvalue weighted by Gasteiger charge is -2.24. The van der Waals surface area contributed by atoms with Crippen LogP contribution >= 0.6 is 0 Å². The van der Waals surface area contributed by atoms with E-state index >= 15 is 0 Å². The van der Waals surface area contributed by atoms with Crippen LogP contribution in [0.15, 0.2) is 42.2 Å². The Morgan fingerprint density at radius 2 is 2.00 bits per heavy atom. The van der Waals surface area contributed by atoms with Gasteiger partial charge in [-0.15, -0.1) is 0 Å². The predicted molar refractivity (Wildman–Crippen MR) is 53.9 cm³/mol. The van der Waals surface area contributed by atoms with Gasteiger partial charge < -0.3 is 9.47 Å². The minimum atomic E-state index is 0.649. The molecule has 1 aromatic carbocycles. The van der Waals surface area contributed by atoms with Gasteiger partial charge in [0.05, 0.1) is 6.26 Å². The molecule has 2 heteroatoms. The van der Waals surface area contributed by atoms with Gasteiger partial charge >= 0.3 is 0 Å². The Labute approximate surface area is 82.5 Å². The van der Waals surface area contributed by atoms with Gasteiger partial charge in [0.25, 0.3) is 0 Å². The summed E-state index contributed by atoms with van der Waals surface area (Å²) in [4.78, 5) is 0. The third-order valence-corrected chi connectivity index (χ3v) is 2.55. The minimum absolute atomic E-state index is 0.649. The maximum atomic E-state index is 5.62. The first-order valence-electron chi connectivity index (χ1n) is 4.67. The van der Waals surface area contributed by atoms with E-state index < -0.39 is 0 Å². The van der Waals surface area contributed by atoms with Gasteiger partial charge in [-0.05, 0) is 17.7 Å². The second-order valence-corrected chi connectivity index (χ2v) is 3.42. The normalized spacial score (nSPS) is 18.0. The standard InChI is InChI=1S/C12H10O2/c1-2-4-12-11(3-1)10-5-6-13-7-9(10)8-14-12/h1-6H,7-8H2. The molecule has 0 saturated heterocycles. The summed E-state index contributed by atoms with van der Waals surface area (Å²) in [5.74, 6) is 0.970. The molecule has 2 heterocycles.